The minimum atomic E-state index is -1.52. The molecule has 2 nitrogen and oxygen atoms in total. The van der Waals surface area contributed by atoms with E-state index in [1.165, 1.54) is 50.2 Å². The van der Waals surface area contributed by atoms with Crippen LogP contribution in [0.25, 0.3) is 0 Å². The highest BCUT2D eigenvalue weighted by Gasteiger charge is 2.53. The van der Waals surface area contributed by atoms with Crippen molar-refractivity contribution in [2.24, 2.45) is 23.2 Å². The lowest BCUT2D eigenvalue weighted by Gasteiger charge is -2.48. The van der Waals surface area contributed by atoms with Crippen LogP contribution >= 0.6 is 0 Å². The maximum atomic E-state index is 11.0. The third-order valence-electron chi connectivity index (χ3n) is 7.62. The first-order valence-corrected chi connectivity index (χ1v) is 12.6. The van der Waals surface area contributed by atoms with Gasteiger partial charge in [0.2, 0.25) is 0 Å². The molecule has 0 aromatic rings. The Hall–Kier alpha value is -0.153. The van der Waals surface area contributed by atoms with E-state index in [0.717, 1.165) is 18.6 Å². The van der Waals surface area contributed by atoms with Gasteiger partial charge in [-0.2, -0.15) is 0 Å². The van der Waals surface area contributed by atoms with Gasteiger partial charge in [0.15, 0.2) is 8.32 Å². The van der Waals surface area contributed by atoms with Crippen LogP contribution in [-0.4, -0.2) is 20.7 Å². The molecule has 134 valence electrons. The Morgan fingerprint density at radius 3 is 2.39 bits per heavy atom. The van der Waals surface area contributed by atoms with E-state index in [1.54, 1.807) is 0 Å². The van der Waals surface area contributed by atoms with E-state index < -0.39 is 8.32 Å². The predicted octanol–water partition coefficient (Wildman–Crippen LogP) is 5.82. The lowest BCUT2D eigenvalue weighted by atomic mass is 9.61. The summed E-state index contributed by atoms with van der Waals surface area (Å²) < 4.78 is 6.96. The Kier molecular flexibility index (Phi) is 6.52. The van der Waals surface area contributed by atoms with Crippen molar-refractivity contribution in [2.75, 3.05) is 0 Å². The summed E-state index contributed by atoms with van der Waals surface area (Å²) >= 11 is 0. The molecular formula is C20H38O2Si. The first-order valence-electron chi connectivity index (χ1n) is 10.1. The van der Waals surface area contributed by atoms with Crippen molar-refractivity contribution in [3.8, 4) is 0 Å². The molecule has 2 saturated carbocycles. The molecule has 2 aliphatic rings. The van der Waals surface area contributed by atoms with Gasteiger partial charge >= 0.3 is 0 Å². The van der Waals surface area contributed by atoms with Gasteiger partial charge in [0.05, 0.1) is 0 Å². The Labute approximate surface area is 144 Å². The summed E-state index contributed by atoms with van der Waals surface area (Å²) in [6, 6.07) is 3.76. The highest BCUT2D eigenvalue weighted by molar-refractivity contribution is 6.73. The molecule has 0 radical (unpaired) electrons. The lowest BCUT2D eigenvalue weighted by molar-refractivity contribution is -0.109. The zero-order valence-corrected chi connectivity index (χ0v) is 17.1. The molecule has 0 bridgehead atoms. The number of hydrogen-bond donors (Lipinski definition) is 0. The molecule has 0 heterocycles. The maximum absolute atomic E-state index is 11.0. The lowest BCUT2D eigenvalue weighted by Crippen LogP contribution is -2.48. The number of carbonyl (C=O) groups is 1. The summed E-state index contributed by atoms with van der Waals surface area (Å²) in [4.78, 5) is 11.0. The van der Waals surface area contributed by atoms with Crippen molar-refractivity contribution in [1.29, 1.82) is 0 Å². The zero-order chi connectivity index (χ0) is 17.1. The average Bonchev–Trinajstić information content (AvgIpc) is 2.91. The standard InChI is InChI=1S/C20H38O2Si/c1-6-23(7-2,8-3)22-19-10-9-14-20(5)17(11-12-18(19)20)16(4)13-15-21/h15-19H,6-14H2,1-5H3/t16-,17+,18-,19-,20+/m0/s1. The van der Waals surface area contributed by atoms with Crippen molar-refractivity contribution in [3.63, 3.8) is 0 Å². The number of fused-ring (bicyclic) bond motifs is 1. The van der Waals surface area contributed by atoms with Crippen LogP contribution in [0.5, 0.6) is 0 Å². The summed E-state index contributed by atoms with van der Waals surface area (Å²) in [5.74, 6) is 1.98. The average molecular weight is 339 g/mol. The minimum Gasteiger partial charge on any atom is -0.414 e. The highest BCUT2D eigenvalue weighted by atomic mass is 28.4. The summed E-state index contributed by atoms with van der Waals surface area (Å²) in [6.45, 7) is 11.8. The van der Waals surface area contributed by atoms with E-state index >= 15 is 0 Å². The third kappa shape index (κ3) is 3.61. The van der Waals surface area contributed by atoms with Gasteiger partial charge in [0.25, 0.3) is 0 Å². The fourth-order valence-electron chi connectivity index (χ4n) is 5.87. The van der Waals surface area contributed by atoms with Crippen molar-refractivity contribution in [2.45, 2.75) is 97.4 Å². The van der Waals surface area contributed by atoms with E-state index in [-0.39, 0.29) is 0 Å². The molecule has 2 rings (SSSR count). The van der Waals surface area contributed by atoms with Crippen LogP contribution < -0.4 is 0 Å². The van der Waals surface area contributed by atoms with E-state index in [4.69, 9.17) is 4.43 Å². The van der Waals surface area contributed by atoms with Crippen molar-refractivity contribution in [3.05, 3.63) is 0 Å². The fraction of sp³-hybridized carbons (Fsp3) is 0.950. The van der Waals surface area contributed by atoms with Gasteiger partial charge in [0.1, 0.15) is 6.29 Å². The molecule has 3 heteroatoms. The normalized spacial score (nSPS) is 35.8. The Morgan fingerprint density at radius 2 is 1.83 bits per heavy atom. The van der Waals surface area contributed by atoms with Crippen LogP contribution in [0.15, 0.2) is 0 Å². The van der Waals surface area contributed by atoms with Gasteiger partial charge in [-0.1, -0.05) is 41.0 Å². The van der Waals surface area contributed by atoms with Gasteiger partial charge in [-0.05, 0) is 67.0 Å². The molecule has 2 fully saturated rings. The Bertz CT molecular complexity index is 385. The van der Waals surface area contributed by atoms with Crippen molar-refractivity contribution in [1.82, 2.24) is 0 Å². The number of rotatable bonds is 8. The first-order chi connectivity index (χ1) is 11.0. The molecular weight excluding hydrogens is 300 g/mol. The summed E-state index contributed by atoms with van der Waals surface area (Å²) in [6.07, 6.45) is 8.88. The molecule has 0 saturated heterocycles. The molecule has 0 aromatic heterocycles. The second-order valence-corrected chi connectivity index (χ2v) is 13.2. The molecule has 0 aliphatic heterocycles. The molecule has 5 atom stereocenters. The molecule has 2 aliphatic carbocycles. The molecule has 0 N–H and O–H groups in total. The highest BCUT2D eigenvalue weighted by Crippen LogP contribution is 2.59. The topological polar surface area (TPSA) is 26.3 Å². The van der Waals surface area contributed by atoms with E-state index in [9.17, 15) is 4.79 Å². The number of hydrogen-bond acceptors (Lipinski definition) is 2. The van der Waals surface area contributed by atoms with Crippen LogP contribution in [0, 0.1) is 23.2 Å². The van der Waals surface area contributed by atoms with Gasteiger partial charge in [-0.15, -0.1) is 0 Å². The van der Waals surface area contributed by atoms with Gasteiger partial charge in [-0.25, -0.2) is 0 Å². The van der Waals surface area contributed by atoms with Crippen LogP contribution in [0.2, 0.25) is 18.1 Å². The maximum Gasteiger partial charge on any atom is 0.192 e. The predicted molar refractivity (Wildman–Crippen MR) is 100 cm³/mol. The fourth-order valence-corrected chi connectivity index (χ4v) is 8.80. The monoisotopic (exact) mass is 338 g/mol. The molecule has 0 unspecified atom stereocenters. The molecule has 23 heavy (non-hydrogen) atoms. The van der Waals surface area contributed by atoms with Crippen molar-refractivity contribution < 1.29 is 9.22 Å². The van der Waals surface area contributed by atoms with E-state index in [0.29, 0.717) is 23.4 Å². The minimum absolute atomic E-state index is 0.403. The summed E-state index contributed by atoms with van der Waals surface area (Å²) in [7, 11) is -1.52. The van der Waals surface area contributed by atoms with Crippen LogP contribution in [0.3, 0.4) is 0 Å². The smallest absolute Gasteiger partial charge is 0.192 e. The second kappa shape index (κ2) is 7.82. The quantitative estimate of drug-likeness (QED) is 0.412. The van der Waals surface area contributed by atoms with Crippen LogP contribution in [-0.2, 0) is 9.22 Å². The van der Waals surface area contributed by atoms with Gasteiger partial charge < -0.3 is 9.22 Å². The molecule has 0 aromatic carbocycles. The largest absolute Gasteiger partial charge is 0.414 e. The number of carbonyl (C=O) groups excluding carboxylic acids is 1. The SMILES string of the molecule is CC[Si](CC)(CC)O[C@H]1CCC[C@]2(C)[C@@H]([C@@H](C)CC=O)CC[C@@H]12. The summed E-state index contributed by atoms with van der Waals surface area (Å²) in [5, 5.41) is 0. The van der Waals surface area contributed by atoms with E-state index in [2.05, 4.69) is 34.6 Å². The Balaban J connectivity index is 2.15. The Morgan fingerprint density at radius 1 is 1.17 bits per heavy atom. The number of aldehydes is 1. The molecule has 0 spiro atoms. The van der Waals surface area contributed by atoms with Crippen LogP contribution in [0.1, 0.15) is 73.1 Å². The van der Waals surface area contributed by atoms with Gasteiger partial charge in [-0.3, -0.25) is 0 Å². The molecule has 0 amide bonds. The van der Waals surface area contributed by atoms with E-state index in [1.807, 2.05) is 0 Å². The van der Waals surface area contributed by atoms with Crippen molar-refractivity contribution >= 4 is 14.6 Å². The van der Waals surface area contributed by atoms with Gasteiger partial charge in [0, 0.05) is 12.5 Å². The van der Waals surface area contributed by atoms with Crippen LogP contribution in [0.4, 0.5) is 0 Å². The third-order valence-corrected chi connectivity index (χ3v) is 12.3. The first kappa shape index (κ1) is 19.2. The summed E-state index contributed by atoms with van der Waals surface area (Å²) in [5.41, 5.74) is 0.403. The second-order valence-electron chi connectivity index (χ2n) is 8.47. The zero-order valence-electron chi connectivity index (χ0n) is 16.1.